The third-order valence-corrected chi connectivity index (χ3v) is 4.06. The van der Waals surface area contributed by atoms with E-state index in [2.05, 4.69) is 24.4 Å². The van der Waals surface area contributed by atoms with E-state index in [0.717, 1.165) is 24.6 Å². The number of rotatable bonds is 8. The Morgan fingerprint density at radius 1 is 1.21 bits per heavy atom. The first-order valence-electron chi connectivity index (χ1n) is 7.23. The van der Waals surface area contributed by atoms with Gasteiger partial charge in [0.1, 0.15) is 0 Å². The number of nitrogens with one attached hydrogen (secondary N) is 1. The average molecular weight is 263 g/mol. The highest BCUT2D eigenvalue weighted by atomic mass is 16.5. The monoisotopic (exact) mass is 263 g/mol. The molecular weight excluding hydrogens is 238 g/mol. The lowest BCUT2D eigenvalue weighted by atomic mass is 10.0. The van der Waals surface area contributed by atoms with Crippen molar-refractivity contribution in [3.05, 3.63) is 23.8 Å². The molecule has 1 aromatic carbocycles. The molecule has 0 bridgehead atoms. The van der Waals surface area contributed by atoms with Gasteiger partial charge in [-0.05, 0) is 49.3 Å². The Kier molecular flexibility index (Phi) is 4.70. The van der Waals surface area contributed by atoms with Gasteiger partial charge in [0.25, 0.3) is 0 Å². The van der Waals surface area contributed by atoms with E-state index in [-0.39, 0.29) is 0 Å². The minimum Gasteiger partial charge on any atom is -0.493 e. The molecule has 106 valence electrons. The minimum absolute atomic E-state index is 0.592. The van der Waals surface area contributed by atoms with Crippen LogP contribution in [0.3, 0.4) is 0 Å². The molecule has 0 radical (unpaired) electrons. The van der Waals surface area contributed by atoms with E-state index in [9.17, 15) is 0 Å². The van der Waals surface area contributed by atoms with Gasteiger partial charge in [0.15, 0.2) is 11.5 Å². The molecule has 0 amide bonds. The summed E-state index contributed by atoms with van der Waals surface area (Å²) < 4.78 is 10.9. The van der Waals surface area contributed by atoms with Crippen molar-refractivity contribution in [2.75, 3.05) is 20.3 Å². The lowest BCUT2D eigenvalue weighted by molar-refractivity contribution is 0.310. The third kappa shape index (κ3) is 3.63. The van der Waals surface area contributed by atoms with E-state index in [1.54, 1.807) is 7.11 Å². The van der Waals surface area contributed by atoms with Gasteiger partial charge >= 0.3 is 0 Å². The predicted octanol–water partition coefficient (Wildman–Crippen LogP) is 3.37. The Morgan fingerprint density at radius 2 is 2.00 bits per heavy atom. The van der Waals surface area contributed by atoms with Gasteiger partial charge in [-0.25, -0.2) is 0 Å². The smallest absolute Gasteiger partial charge is 0.161 e. The predicted molar refractivity (Wildman–Crippen MR) is 77.8 cm³/mol. The van der Waals surface area contributed by atoms with E-state index in [0.29, 0.717) is 12.0 Å². The summed E-state index contributed by atoms with van der Waals surface area (Å²) in [6.45, 7) is 6.95. The van der Waals surface area contributed by atoms with Crippen LogP contribution in [0.25, 0.3) is 0 Å². The summed E-state index contributed by atoms with van der Waals surface area (Å²) in [5.41, 5.74) is 1.84. The number of benzene rings is 1. The van der Waals surface area contributed by atoms with Crippen LogP contribution >= 0.6 is 0 Å². The maximum absolute atomic E-state index is 5.60. The standard InChI is InChI=1S/C16H25NO2/c1-4-16(8-9-16)12-17-11-13-6-7-14(18-3)15(10-13)19-5-2/h6-7,10,17H,4-5,8-9,11-12H2,1-3H3. The Labute approximate surface area is 116 Å². The molecule has 3 nitrogen and oxygen atoms in total. The summed E-state index contributed by atoms with van der Waals surface area (Å²) in [5.74, 6) is 1.64. The SMILES string of the molecule is CCOc1cc(CNCC2(CC)CC2)ccc1OC. The van der Waals surface area contributed by atoms with Crippen molar-refractivity contribution in [2.24, 2.45) is 5.41 Å². The summed E-state index contributed by atoms with van der Waals surface area (Å²) in [6.07, 6.45) is 4.04. The molecular formula is C16H25NO2. The van der Waals surface area contributed by atoms with Crippen LogP contribution in [0.15, 0.2) is 18.2 Å². The third-order valence-electron chi connectivity index (χ3n) is 4.06. The van der Waals surface area contributed by atoms with Crippen LogP contribution in [0.1, 0.15) is 38.7 Å². The van der Waals surface area contributed by atoms with Gasteiger partial charge in [0.2, 0.25) is 0 Å². The van der Waals surface area contributed by atoms with Crippen molar-refractivity contribution >= 4 is 0 Å². The molecule has 0 aliphatic heterocycles. The van der Waals surface area contributed by atoms with Crippen LogP contribution < -0.4 is 14.8 Å². The lowest BCUT2D eigenvalue weighted by Crippen LogP contribution is -2.23. The molecule has 0 aromatic heterocycles. The van der Waals surface area contributed by atoms with Crippen molar-refractivity contribution in [1.82, 2.24) is 5.32 Å². The quantitative estimate of drug-likeness (QED) is 0.780. The lowest BCUT2D eigenvalue weighted by Gasteiger charge is -2.15. The van der Waals surface area contributed by atoms with Crippen LogP contribution in [0.4, 0.5) is 0 Å². The number of hydrogen-bond donors (Lipinski definition) is 1. The summed E-state index contributed by atoms with van der Waals surface area (Å²) >= 11 is 0. The second-order valence-electron chi connectivity index (χ2n) is 5.38. The highest BCUT2D eigenvalue weighted by molar-refractivity contribution is 5.42. The maximum Gasteiger partial charge on any atom is 0.161 e. The highest BCUT2D eigenvalue weighted by Gasteiger charge is 2.39. The number of hydrogen-bond acceptors (Lipinski definition) is 3. The summed E-state index contributed by atoms with van der Waals surface area (Å²) in [5, 5.41) is 3.57. The molecule has 0 spiro atoms. The molecule has 1 aliphatic rings. The Bertz CT molecular complexity index is 413. The zero-order chi connectivity index (χ0) is 13.7. The molecule has 1 aromatic rings. The average Bonchev–Trinajstić information content (AvgIpc) is 3.20. The number of methoxy groups -OCH3 is 1. The van der Waals surface area contributed by atoms with Crippen molar-refractivity contribution in [2.45, 2.75) is 39.7 Å². The fourth-order valence-corrected chi connectivity index (χ4v) is 2.40. The Morgan fingerprint density at radius 3 is 2.58 bits per heavy atom. The van der Waals surface area contributed by atoms with Crippen LogP contribution in [-0.2, 0) is 6.54 Å². The highest BCUT2D eigenvalue weighted by Crippen LogP contribution is 2.47. The fraction of sp³-hybridized carbons (Fsp3) is 0.625. The Hall–Kier alpha value is -1.22. The summed E-state index contributed by atoms with van der Waals surface area (Å²) in [6, 6.07) is 6.15. The van der Waals surface area contributed by atoms with Crippen LogP contribution in [0.2, 0.25) is 0 Å². The van der Waals surface area contributed by atoms with E-state index >= 15 is 0 Å². The number of ether oxygens (including phenoxy) is 2. The molecule has 2 rings (SSSR count). The van der Waals surface area contributed by atoms with Gasteiger partial charge in [-0.2, -0.15) is 0 Å². The van der Waals surface area contributed by atoms with Gasteiger partial charge in [0, 0.05) is 13.1 Å². The first kappa shape index (κ1) is 14.2. The second kappa shape index (κ2) is 6.29. The normalized spacial score (nSPS) is 16.2. The van der Waals surface area contributed by atoms with E-state index in [4.69, 9.17) is 9.47 Å². The van der Waals surface area contributed by atoms with Gasteiger partial charge in [-0.3, -0.25) is 0 Å². The van der Waals surface area contributed by atoms with Gasteiger partial charge in [-0.15, -0.1) is 0 Å². The molecule has 0 unspecified atom stereocenters. The molecule has 1 saturated carbocycles. The molecule has 1 aliphatic carbocycles. The maximum atomic E-state index is 5.60. The van der Waals surface area contributed by atoms with Crippen LogP contribution in [0, 0.1) is 5.41 Å². The molecule has 0 atom stereocenters. The van der Waals surface area contributed by atoms with Gasteiger partial charge in [-0.1, -0.05) is 13.0 Å². The van der Waals surface area contributed by atoms with Crippen LogP contribution in [0.5, 0.6) is 11.5 Å². The summed E-state index contributed by atoms with van der Waals surface area (Å²) in [7, 11) is 1.67. The molecule has 19 heavy (non-hydrogen) atoms. The second-order valence-corrected chi connectivity index (χ2v) is 5.38. The Balaban J connectivity index is 1.91. The molecule has 1 fully saturated rings. The fourth-order valence-electron chi connectivity index (χ4n) is 2.40. The van der Waals surface area contributed by atoms with Crippen molar-refractivity contribution in [3.8, 4) is 11.5 Å². The minimum atomic E-state index is 0.592. The van der Waals surface area contributed by atoms with Gasteiger partial charge in [0.05, 0.1) is 13.7 Å². The van der Waals surface area contributed by atoms with E-state index in [1.165, 1.54) is 24.8 Å². The van der Waals surface area contributed by atoms with Crippen molar-refractivity contribution in [3.63, 3.8) is 0 Å². The van der Waals surface area contributed by atoms with Gasteiger partial charge < -0.3 is 14.8 Å². The van der Waals surface area contributed by atoms with Crippen molar-refractivity contribution in [1.29, 1.82) is 0 Å². The van der Waals surface area contributed by atoms with Crippen molar-refractivity contribution < 1.29 is 9.47 Å². The molecule has 0 heterocycles. The first-order valence-corrected chi connectivity index (χ1v) is 7.23. The zero-order valence-electron chi connectivity index (χ0n) is 12.3. The summed E-state index contributed by atoms with van der Waals surface area (Å²) in [4.78, 5) is 0. The topological polar surface area (TPSA) is 30.5 Å². The zero-order valence-corrected chi connectivity index (χ0v) is 12.3. The van der Waals surface area contributed by atoms with E-state index < -0.39 is 0 Å². The molecule has 0 saturated heterocycles. The largest absolute Gasteiger partial charge is 0.493 e. The van der Waals surface area contributed by atoms with Crippen LogP contribution in [-0.4, -0.2) is 20.3 Å². The molecule has 1 N–H and O–H groups in total. The molecule has 3 heteroatoms. The first-order chi connectivity index (χ1) is 9.23. The van der Waals surface area contributed by atoms with E-state index in [1.807, 2.05) is 13.0 Å².